The molecule has 1 N–H and O–H groups in total. The van der Waals surface area contributed by atoms with Gasteiger partial charge in [0, 0.05) is 16.6 Å². The summed E-state index contributed by atoms with van der Waals surface area (Å²) in [6, 6.07) is 13.3. The lowest BCUT2D eigenvalue weighted by Gasteiger charge is -2.11. The second kappa shape index (κ2) is 6.57. The third-order valence-corrected chi connectivity index (χ3v) is 3.85. The summed E-state index contributed by atoms with van der Waals surface area (Å²) in [5.74, 6) is -0.278. The topological polar surface area (TPSA) is 12.0 Å². The van der Waals surface area contributed by atoms with Crippen LogP contribution in [0.3, 0.4) is 0 Å². The van der Waals surface area contributed by atoms with Crippen molar-refractivity contribution in [2.24, 2.45) is 0 Å². The van der Waals surface area contributed by atoms with E-state index < -0.39 is 0 Å². The van der Waals surface area contributed by atoms with Crippen LogP contribution in [-0.4, -0.2) is 6.54 Å². The summed E-state index contributed by atoms with van der Waals surface area (Å²) in [5, 5.41) is 3.88. The van der Waals surface area contributed by atoms with Crippen molar-refractivity contribution >= 4 is 24.0 Å². The molecule has 1 saturated heterocycles. The molecule has 0 saturated carbocycles. The van der Waals surface area contributed by atoms with Crippen LogP contribution in [0.2, 0.25) is 5.02 Å². The molecule has 1 unspecified atom stereocenters. The summed E-state index contributed by atoms with van der Waals surface area (Å²) in [4.78, 5) is 0. The Morgan fingerprint density at radius 2 is 1.85 bits per heavy atom. The van der Waals surface area contributed by atoms with Gasteiger partial charge in [-0.1, -0.05) is 35.9 Å². The van der Waals surface area contributed by atoms with Gasteiger partial charge in [0.25, 0.3) is 0 Å². The van der Waals surface area contributed by atoms with Crippen LogP contribution in [0, 0.1) is 5.82 Å². The van der Waals surface area contributed by atoms with E-state index in [2.05, 4.69) is 17.4 Å². The Hall–Kier alpha value is -1.09. The highest BCUT2D eigenvalue weighted by molar-refractivity contribution is 6.30. The summed E-state index contributed by atoms with van der Waals surface area (Å²) < 4.78 is 13.8. The lowest BCUT2D eigenvalue weighted by Crippen LogP contribution is -2.12. The fourth-order valence-corrected chi connectivity index (χ4v) is 2.75. The minimum Gasteiger partial charge on any atom is -0.310 e. The third kappa shape index (κ3) is 3.14. The highest BCUT2D eigenvalue weighted by Crippen LogP contribution is 2.28. The van der Waals surface area contributed by atoms with Gasteiger partial charge in [0.1, 0.15) is 5.82 Å². The van der Waals surface area contributed by atoms with Crippen molar-refractivity contribution in [2.45, 2.75) is 18.9 Å². The lowest BCUT2D eigenvalue weighted by atomic mass is 10.00. The quantitative estimate of drug-likeness (QED) is 0.823. The van der Waals surface area contributed by atoms with E-state index in [9.17, 15) is 4.39 Å². The summed E-state index contributed by atoms with van der Waals surface area (Å²) in [6.45, 7) is 1.08. The first-order chi connectivity index (χ1) is 9.24. The zero-order valence-corrected chi connectivity index (χ0v) is 12.5. The Balaban J connectivity index is 0.00000147. The summed E-state index contributed by atoms with van der Waals surface area (Å²) in [7, 11) is 0. The van der Waals surface area contributed by atoms with Gasteiger partial charge in [-0.2, -0.15) is 0 Å². The van der Waals surface area contributed by atoms with Crippen LogP contribution >= 0.6 is 24.0 Å². The van der Waals surface area contributed by atoms with E-state index in [1.807, 2.05) is 12.1 Å². The first kappa shape index (κ1) is 15.3. The molecule has 0 aliphatic carbocycles. The molecule has 0 amide bonds. The van der Waals surface area contributed by atoms with Crippen LogP contribution in [0.25, 0.3) is 11.1 Å². The van der Waals surface area contributed by atoms with Crippen molar-refractivity contribution < 1.29 is 4.39 Å². The average Bonchev–Trinajstić information content (AvgIpc) is 2.93. The molecule has 1 nitrogen and oxygen atoms in total. The highest BCUT2D eigenvalue weighted by atomic mass is 35.5. The molecule has 106 valence electrons. The van der Waals surface area contributed by atoms with E-state index in [0.29, 0.717) is 16.6 Å². The zero-order chi connectivity index (χ0) is 13.2. The summed E-state index contributed by atoms with van der Waals surface area (Å²) >= 11 is 5.77. The molecule has 1 aliphatic heterocycles. The Labute approximate surface area is 129 Å². The maximum atomic E-state index is 13.8. The van der Waals surface area contributed by atoms with Crippen molar-refractivity contribution in [2.75, 3.05) is 6.54 Å². The first-order valence-corrected chi connectivity index (χ1v) is 6.90. The van der Waals surface area contributed by atoms with Gasteiger partial charge in [-0.15, -0.1) is 12.4 Å². The molecule has 0 aromatic heterocycles. The first-order valence-electron chi connectivity index (χ1n) is 6.53. The van der Waals surface area contributed by atoms with E-state index in [1.54, 1.807) is 12.1 Å². The third-order valence-electron chi connectivity index (χ3n) is 3.62. The number of hydrogen-bond acceptors (Lipinski definition) is 1. The summed E-state index contributed by atoms with van der Waals surface area (Å²) in [5.41, 5.74) is 2.75. The van der Waals surface area contributed by atoms with Gasteiger partial charge in [0.05, 0.1) is 0 Å². The van der Waals surface area contributed by atoms with E-state index in [4.69, 9.17) is 11.6 Å². The molecule has 1 fully saturated rings. The molecule has 0 radical (unpaired) electrons. The fraction of sp³-hybridized carbons (Fsp3) is 0.250. The monoisotopic (exact) mass is 311 g/mol. The maximum Gasteiger partial charge on any atom is 0.132 e. The van der Waals surface area contributed by atoms with Gasteiger partial charge in [0.2, 0.25) is 0 Å². The molecule has 0 spiro atoms. The molecule has 1 aliphatic rings. The van der Waals surface area contributed by atoms with E-state index in [0.717, 1.165) is 12.1 Å². The van der Waals surface area contributed by atoms with Gasteiger partial charge >= 0.3 is 0 Å². The predicted octanol–water partition coefficient (Wildman–Crippen LogP) is 4.99. The number of benzene rings is 2. The zero-order valence-electron chi connectivity index (χ0n) is 10.9. The molecule has 2 aromatic carbocycles. The Morgan fingerprint density at radius 3 is 2.45 bits per heavy atom. The number of nitrogens with one attached hydrogen (secondary N) is 1. The number of halogens is 3. The second-order valence-electron chi connectivity index (χ2n) is 4.90. The summed E-state index contributed by atoms with van der Waals surface area (Å²) in [6.07, 6.45) is 2.40. The van der Waals surface area contributed by atoms with Crippen LogP contribution in [0.15, 0.2) is 42.5 Å². The van der Waals surface area contributed by atoms with E-state index in [1.165, 1.54) is 24.5 Å². The number of rotatable bonds is 2. The van der Waals surface area contributed by atoms with E-state index in [-0.39, 0.29) is 18.2 Å². The SMILES string of the molecule is Cl.Fc1cc(Cl)ccc1-c1ccc(C2CCCN2)cc1. The minimum absolute atomic E-state index is 0. The lowest BCUT2D eigenvalue weighted by molar-refractivity contribution is 0.631. The van der Waals surface area contributed by atoms with Crippen LogP contribution in [0.5, 0.6) is 0 Å². The molecule has 3 rings (SSSR count). The van der Waals surface area contributed by atoms with Crippen LogP contribution in [0.1, 0.15) is 24.4 Å². The average molecular weight is 312 g/mol. The Bertz CT molecular complexity index is 578. The van der Waals surface area contributed by atoms with Crippen LogP contribution in [-0.2, 0) is 0 Å². The van der Waals surface area contributed by atoms with Crippen molar-refractivity contribution in [1.82, 2.24) is 5.32 Å². The van der Waals surface area contributed by atoms with E-state index >= 15 is 0 Å². The fourth-order valence-electron chi connectivity index (χ4n) is 2.59. The van der Waals surface area contributed by atoms with Gasteiger partial charge in [0.15, 0.2) is 0 Å². The largest absolute Gasteiger partial charge is 0.310 e. The number of hydrogen-bond donors (Lipinski definition) is 1. The molecule has 2 aromatic rings. The molecule has 0 bridgehead atoms. The van der Waals surface area contributed by atoms with Gasteiger partial charge < -0.3 is 5.32 Å². The van der Waals surface area contributed by atoms with Crippen molar-refractivity contribution in [1.29, 1.82) is 0 Å². The smallest absolute Gasteiger partial charge is 0.132 e. The Kier molecular flexibility index (Phi) is 5.03. The normalized spacial score (nSPS) is 17.8. The molecule has 1 atom stereocenters. The second-order valence-corrected chi connectivity index (χ2v) is 5.33. The maximum absolute atomic E-state index is 13.8. The Morgan fingerprint density at radius 1 is 1.10 bits per heavy atom. The van der Waals surface area contributed by atoms with Crippen molar-refractivity contribution in [3.8, 4) is 11.1 Å². The molecule has 1 heterocycles. The van der Waals surface area contributed by atoms with Crippen LogP contribution < -0.4 is 5.32 Å². The molecule has 20 heavy (non-hydrogen) atoms. The standard InChI is InChI=1S/C16H15ClFN.ClH/c17-13-7-8-14(15(18)10-13)11-3-5-12(6-4-11)16-2-1-9-19-16;/h3-8,10,16,19H,1-2,9H2;1H. The van der Waals surface area contributed by atoms with Gasteiger partial charge in [-0.05, 0) is 48.7 Å². The van der Waals surface area contributed by atoms with Gasteiger partial charge in [-0.25, -0.2) is 4.39 Å². The van der Waals surface area contributed by atoms with Crippen molar-refractivity contribution in [3.63, 3.8) is 0 Å². The van der Waals surface area contributed by atoms with Gasteiger partial charge in [-0.3, -0.25) is 0 Å². The van der Waals surface area contributed by atoms with Crippen LogP contribution in [0.4, 0.5) is 4.39 Å². The molecule has 4 heteroatoms. The predicted molar refractivity (Wildman–Crippen MR) is 84.1 cm³/mol. The minimum atomic E-state index is -0.278. The molecular formula is C16H16Cl2FN. The van der Waals surface area contributed by atoms with Crippen molar-refractivity contribution in [3.05, 3.63) is 58.9 Å². The highest BCUT2D eigenvalue weighted by Gasteiger charge is 2.16. The molecular weight excluding hydrogens is 296 g/mol.